The molecule has 0 heterocycles. The largest absolute Gasteiger partial charge is 0.370 e. The third kappa shape index (κ3) is 4.49. The van der Waals surface area contributed by atoms with Crippen molar-refractivity contribution >= 4 is 5.96 Å². The smallest absolute Gasteiger partial charge is 0.185 e. The summed E-state index contributed by atoms with van der Waals surface area (Å²) in [6.07, 6.45) is 3.11. The Labute approximate surface area is 91.2 Å². The molecule has 0 spiro atoms. The summed E-state index contributed by atoms with van der Waals surface area (Å²) >= 11 is 0. The van der Waals surface area contributed by atoms with Crippen molar-refractivity contribution in [2.75, 3.05) is 6.54 Å². The molecule has 4 N–H and O–H groups in total. The molecule has 0 atom stereocenters. The zero-order valence-corrected chi connectivity index (χ0v) is 9.24. The van der Waals surface area contributed by atoms with Gasteiger partial charge in [0.2, 0.25) is 0 Å². The van der Waals surface area contributed by atoms with E-state index in [0.717, 1.165) is 19.3 Å². The van der Waals surface area contributed by atoms with Crippen LogP contribution in [0, 0.1) is 0 Å². The summed E-state index contributed by atoms with van der Waals surface area (Å²) < 4.78 is 0. The lowest BCUT2D eigenvalue weighted by Gasteiger charge is -2.01. The number of aliphatic imine (C=N–C) groups is 1. The first kappa shape index (κ1) is 11.6. The molecule has 0 radical (unpaired) electrons. The third-order valence-corrected chi connectivity index (χ3v) is 2.35. The predicted molar refractivity (Wildman–Crippen MR) is 64.8 cm³/mol. The second-order valence-corrected chi connectivity index (χ2v) is 3.58. The zero-order valence-electron chi connectivity index (χ0n) is 9.24. The number of benzene rings is 1. The maximum Gasteiger partial charge on any atom is 0.185 e. The number of guanidine groups is 1. The Morgan fingerprint density at radius 1 is 1.13 bits per heavy atom. The van der Waals surface area contributed by atoms with Gasteiger partial charge in [-0.3, -0.25) is 4.99 Å². The molecule has 0 unspecified atom stereocenters. The van der Waals surface area contributed by atoms with E-state index in [1.54, 1.807) is 0 Å². The first-order valence-electron chi connectivity index (χ1n) is 5.35. The minimum atomic E-state index is 0.177. The zero-order chi connectivity index (χ0) is 11.1. The minimum absolute atomic E-state index is 0.177. The fourth-order valence-corrected chi connectivity index (χ4v) is 1.43. The molecule has 0 fully saturated rings. The van der Waals surface area contributed by atoms with Crippen molar-refractivity contribution in [1.82, 2.24) is 0 Å². The van der Waals surface area contributed by atoms with Crippen LogP contribution in [0.4, 0.5) is 0 Å². The van der Waals surface area contributed by atoms with Gasteiger partial charge in [0.15, 0.2) is 5.96 Å². The summed E-state index contributed by atoms with van der Waals surface area (Å²) in [7, 11) is 0. The molecule has 0 aliphatic heterocycles. The Morgan fingerprint density at radius 3 is 2.27 bits per heavy atom. The van der Waals surface area contributed by atoms with Crippen LogP contribution in [0.2, 0.25) is 0 Å². The molecule has 1 aromatic carbocycles. The van der Waals surface area contributed by atoms with Crippen molar-refractivity contribution in [3.8, 4) is 0 Å². The Hall–Kier alpha value is -1.51. The standard InChI is InChI=1S/C12H19N3/c1-2-10-5-7-11(8-6-10)4-3-9-15-12(13)14/h5-8H,2-4,9H2,1H3,(H4,13,14,15). The lowest BCUT2D eigenvalue weighted by molar-refractivity contribution is 0.830. The van der Waals surface area contributed by atoms with Crippen LogP contribution in [0.5, 0.6) is 0 Å². The Balaban J connectivity index is 2.35. The van der Waals surface area contributed by atoms with E-state index in [2.05, 4.69) is 36.2 Å². The lowest BCUT2D eigenvalue weighted by atomic mass is 10.1. The number of nitrogens with zero attached hydrogens (tertiary/aromatic N) is 1. The van der Waals surface area contributed by atoms with E-state index < -0.39 is 0 Å². The molecule has 0 aliphatic carbocycles. The average molecular weight is 205 g/mol. The number of rotatable bonds is 5. The van der Waals surface area contributed by atoms with Gasteiger partial charge in [0.25, 0.3) is 0 Å². The SMILES string of the molecule is CCc1ccc(CCCN=C(N)N)cc1. The van der Waals surface area contributed by atoms with Crippen LogP contribution >= 0.6 is 0 Å². The van der Waals surface area contributed by atoms with Gasteiger partial charge < -0.3 is 11.5 Å². The van der Waals surface area contributed by atoms with Gasteiger partial charge in [-0.15, -0.1) is 0 Å². The number of hydrogen-bond donors (Lipinski definition) is 2. The van der Waals surface area contributed by atoms with Crippen LogP contribution in [0.3, 0.4) is 0 Å². The fourth-order valence-electron chi connectivity index (χ4n) is 1.43. The summed E-state index contributed by atoms with van der Waals surface area (Å²) in [5, 5.41) is 0. The van der Waals surface area contributed by atoms with E-state index in [9.17, 15) is 0 Å². The van der Waals surface area contributed by atoms with Crippen LogP contribution in [0.25, 0.3) is 0 Å². The third-order valence-electron chi connectivity index (χ3n) is 2.35. The van der Waals surface area contributed by atoms with E-state index in [1.807, 2.05) is 0 Å². The molecule has 1 aromatic rings. The predicted octanol–water partition coefficient (Wildman–Crippen LogP) is 1.45. The first-order chi connectivity index (χ1) is 7.22. The second-order valence-electron chi connectivity index (χ2n) is 3.58. The van der Waals surface area contributed by atoms with Gasteiger partial charge in [-0.05, 0) is 30.4 Å². The van der Waals surface area contributed by atoms with Crippen LogP contribution in [0.1, 0.15) is 24.5 Å². The van der Waals surface area contributed by atoms with Crippen molar-refractivity contribution in [2.24, 2.45) is 16.5 Å². The quantitative estimate of drug-likeness (QED) is 0.434. The molecule has 3 heteroatoms. The highest BCUT2D eigenvalue weighted by Gasteiger charge is 1.93. The summed E-state index contributed by atoms with van der Waals surface area (Å²) in [4.78, 5) is 3.95. The lowest BCUT2D eigenvalue weighted by Crippen LogP contribution is -2.23. The van der Waals surface area contributed by atoms with Crippen molar-refractivity contribution in [1.29, 1.82) is 0 Å². The Bertz CT molecular complexity index is 310. The highest BCUT2D eigenvalue weighted by Crippen LogP contribution is 2.07. The van der Waals surface area contributed by atoms with Crippen LogP contribution < -0.4 is 11.5 Å². The topological polar surface area (TPSA) is 64.4 Å². The van der Waals surface area contributed by atoms with E-state index in [-0.39, 0.29) is 5.96 Å². The van der Waals surface area contributed by atoms with Gasteiger partial charge in [-0.1, -0.05) is 31.2 Å². The highest BCUT2D eigenvalue weighted by molar-refractivity contribution is 5.75. The molecule has 0 aliphatic rings. The summed E-state index contributed by atoms with van der Waals surface area (Å²) in [5.74, 6) is 0.177. The molecule has 82 valence electrons. The molecule has 15 heavy (non-hydrogen) atoms. The molecular formula is C12H19N3. The van der Waals surface area contributed by atoms with Crippen molar-refractivity contribution < 1.29 is 0 Å². The van der Waals surface area contributed by atoms with E-state index >= 15 is 0 Å². The van der Waals surface area contributed by atoms with Crippen LogP contribution in [0.15, 0.2) is 29.3 Å². The maximum absolute atomic E-state index is 5.24. The normalized spacial score (nSPS) is 9.93. The molecule has 0 aromatic heterocycles. The maximum atomic E-state index is 5.24. The molecule has 3 nitrogen and oxygen atoms in total. The van der Waals surface area contributed by atoms with Crippen LogP contribution in [-0.2, 0) is 12.8 Å². The Morgan fingerprint density at radius 2 is 1.73 bits per heavy atom. The molecule has 0 saturated carbocycles. The van der Waals surface area contributed by atoms with Gasteiger partial charge in [0.05, 0.1) is 0 Å². The number of aryl methyl sites for hydroxylation is 2. The number of hydrogen-bond acceptors (Lipinski definition) is 1. The average Bonchev–Trinajstić information content (AvgIpc) is 2.25. The van der Waals surface area contributed by atoms with Crippen molar-refractivity contribution in [2.45, 2.75) is 26.2 Å². The van der Waals surface area contributed by atoms with Gasteiger partial charge in [0.1, 0.15) is 0 Å². The Kier molecular flexibility index (Phi) is 4.68. The molecule has 1 rings (SSSR count). The van der Waals surface area contributed by atoms with Crippen molar-refractivity contribution in [3.05, 3.63) is 35.4 Å². The highest BCUT2D eigenvalue weighted by atomic mass is 15.0. The molecule has 0 bridgehead atoms. The van der Waals surface area contributed by atoms with Crippen molar-refractivity contribution in [3.63, 3.8) is 0 Å². The molecule has 0 saturated heterocycles. The van der Waals surface area contributed by atoms with E-state index in [0.29, 0.717) is 6.54 Å². The summed E-state index contributed by atoms with van der Waals surface area (Å²) in [6, 6.07) is 8.70. The minimum Gasteiger partial charge on any atom is -0.370 e. The first-order valence-corrected chi connectivity index (χ1v) is 5.35. The number of nitrogens with two attached hydrogens (primary N) is 2. The van der Waals surface area contributed by atoms with Gasteiger partial charge in [-0.25, -0.2) is 0 Å². The second kappa shape index (κ2) is 6.06. The fraction of sp³-hybridized carbons (Fsp3) is 0.417. The monoisotopic (exact) mass is 205 g/mol. The van der Waals surface area contributed by atoms with Crippen LogP contribution in [-0.4, -0.2) is 12.5 Å². The summed E-state index contributed by atoms with van der Waals surface area (Å²) in [5.41, 5.74) is 13.2. The van der Waals surface area contributed by atoms with E-state index in [4.69, 9.17) is 11.5 Å². The van der Waals surface area contributed by atoms with Gasteiger partial charge in [-0.2, -0.15) is 0 Å². The van der Waals surface area contributed by atoms with Gasteiger partial charge in [0, 0.05) is 6.54 Å². The van der Waals surface area contributed by atoms with E-state index in [1.165, 1.54) is 11.1 Å². The molecular weight excluding hydrogens is 186 g/mol. The summed E-state index contributed by atoms with van der Waals surface area (Å²) in [6.45, 7) is 2.87. The van der Waals surface area contributed by atoms with Gasteiger partial charge >= 0.3 is 0 Å². The molecule has 0 amide bonds.